The number of carbonyl (C=O) groups excluding carboxylic acids is 1. The molecule has 4 rings (SSSR count). The number of carboxylic acids is 1. The van der Waals surface area contributed by atoms with Crippen molar-refractivity contribution in [1.29, 1.82) is 0 Å². The molecule has 1 saturated heterocycles. The number of aromatic carboxylic acids is 1. The van der Waals surface area contributed by atoms with Gasteiger partial charge in [0.05, 0.1) is 28.3 Å². The highest BCUT2D eigenvalue weighted by Gasteiger charge is 2.44. The number of esters is 1. The molecular weight excluding hydrogens is 396 g/mol. The molecule has 30 heavy (non-hydrogen) atoms. The van der Waals surface area contributed by atoms with E-state index in [1.165, 1.54) is 31.2 Å². The van der Waals surface area contributed by atoms with Crippen LogP contribution in [0.3, 0.4) is 0 Å². The van der Waals surface area contributed by atoms with Crippen LogP contribution in [0.15, 0.2) is 36.4 Å². The van der Waals surface area contributed by atoms with Gasteiger partial charge in [0.2, 0.25) is 6.29 Å². The van der Waals surface area contributed by atoms with Crippen LogP contribution in [-0.4, -0.2) is 73.0 Å². The quantitative estimate of drug-likeness (QED) is 0.350. The highest BCUT2D eigenvalue weighted by Crippen LogP contribution is 2.25. The summed E-state index contributed by atoms with van der Waals surface area (Å²) < 4.78 is 10.5. The molecule has 4 N–H and O–H groups in total. The van der Waals surface area contributed by atoms with Gasteiger partial charge in [0.15, 0.2) is 0 Å². The summed E-state index contributed by atoms with van der Waals surface area (Å²) in [4.78, 5) is 32.9. The summed E-state index contributed by atoms with van der Waals surface area (Å²) in [5, 5.41) is 39.1. The first kappa shape index (κ1) is 20.1. The molecule has 0 saturated carbocycles. The number of carbonyl (C=O) groups is 2. The minimum atomic E-state index is -1.64. The minimum Gasteiger partial charge on any atom is -0.478 e. The second-order valence-corrected chi connectivity index (χ2v) is 6.96. The summed E-state index contributed by atoms with van der Waals surface area (Å²) in [6.45, 7) is 1.47. The summed E-state index contributed by atoms with van der Waals surface area (Å²) in [7, 11) is 0. The predicted molar refractivity (Wildman–Crippen MR) is 102 cm³/mol. The monoisotopic (exact) mass is 414 g/mol. The first-order valence-corrected chi connectivity index (χ1v) is 9.11. The van der Waals surface area contributed by atoms with Crippen molar-refractivity contribution >= 4 is 34.0 Å². The number of aromatic nitrogens is 2. The van der Waals surface area contributed by atoms with Crippen LogP contribution in [-0.2, 0) is 9.47 Å². The summed E-state index contributed by atoms with van der Waals surface area (Å²) in [6.07, 6.45) is -6.87. The Bertz CT molecular complexity index is 1150. The van der Waals surface area contributed by atoms with E-state index in [-0.39, 0.29) is 33.2 Å². The molecule has 1 aliphatic rings. The number of hydrogen-bond donors (Lipinski definition) is 4. The van der Waals surface area contributed by atoms with E-state index in [9.17, 15) is 30.0 Å². The van der Waals surface area contributed by atoms with Gasteiger partial charge in [-0.05, 0) is 31.2 Å². The third kappa shape index (κ3) is 3.35. The fourth-order valence-electron chi connectivity index (χ4n) is 3.34. The standard InChI is InChI=1S/C20H18N2O8/c1-8-15(23)16(24)17(25)20(29-8)30-19(28)10-5-3-7-12-14(10)22-11-6-2-4-9(18(26)27)13(11)21-12/h2-8,15-17,20,23-25H,1H3,(H,26,27). The van der Waals surface area contributed by atoms with E-state index in [1.54, 1.807) is 12.1 Å². The molecule has 0 amide bonds. The first-order valence-electron chi connectivity index (χ1n) is 9.11. The van der Waals surface area contributed by atoms with Gasteiger partial charge in [-0.1, -0.05) is 12.1 Å². The SMILES string of the molecule is CC1OC(OC(=O)c2cccc3nc4c(C(=O)O)cccc4nc23)C(O)C(O)C1O. The van der Waals surface area contributed by atoms with Crippen LogP contribution in [0.25, 0.3) is 22.1 Å². The van der Waals surface area contributed by atoms with Crippen molar-refractivity contribution in [3.63, 3.8) is 0 Å². The van der Waals surface area contributed by atoms with Crippen molar-refractivity contribution in [2.75, 3.05) is 0 Å². The average molecular weight is 414 g/mol. The van der Waals surface area contributed by atoms with Crippen LogP contribution in [0.1, 0.15) is 27.6 Å². The maximum Gasteiger partial charge on any atom is 0.342 e. The Morgan fingerprint density at radius 1 is 0.900 bits per heavy atom. The number of para-hydroxylation sites is 2. The maximum absolute atomic E-state index is 12.8. The number of fused-ring (bicyclic) bond motifs is 2. The molecule has 5 atom stereocenters. The van der Waals surface area contributed by atoms with E-state index in [1.807, 2.05) is 0 Å². The molecule has 1 aliphatic heterocycles. The molecule has 1 aromatic heterocycles. The Balaban J connectivity index is 1.72. The molecule has 10 heteroatoms. The van der Waals surface area contributed by atoms with Crippen LogP contribution in [0.2, 0.25) is 0 Å². The molecule has 0 radical (unpaired) electrons. The second-order valence-electron chi connectivity index (χ2n) is 6.96. The van der Waals surface area contributed by atoms with Crippen molar-refractivity contribution in [1.82, 2.24) is 9.97 Å². The average Bonchev–Trinajstić information content (AvgIpc) is 2.73. The van der Waals surface area contributed by atoms with Gasteiger partial charge in [-0.3, -0.25) is 0 Å². The topological polar surface area (TPSA) is 159 Å². The number of nitrogens with zero attached hydrogens (tertiary/aromatic N) is 2. The van der Waals surface area contributed by atoms with Crippen molar-refractivity contribution < 1.29 is 39.5 Å². The molecular formula is C20H18N2O8. The lowest BCUT2D eigenvalue weighted by Gasteiger charge is -2.38. The van der Waals surface area contributed by atoms with Gasteiger partial charge in [-0.25, -0.2) is 19.6 Å². The number of rotatable bonds is 3. The van der Waals surface area contributed by atoms with E-state index in [4.69, 9.17) is 9.47 Å². The highest BCUT2D eigenvalue weighted by molar-refractivity contribution is 6.06. The zero-order valence-electron chi connectivity index (χ0n) is 15.7. The summed E-state index contributed by atoms with van der Waals surface area (Å²) in [6, 6.07) is 9.05. The molecule has 1 fully saturated rings. The van der Waals surface area contributed by atoms with Gasteiger partial charge in [0.25, 0.3) is 0 Å². The molecule has 0 bridgehead atoms. The Kier molecular flexibility index (Phi) is 5.08. The molecule has 0 aliphatic carbocycles. The van der Waals surface area contributed by atoms with Crippen molar-refractivity contribution in [3.8, 4) is 0 Å². The molecule has 5 unspecified atom stereocenters. The van der Waals surface area contributed by atoms with Gasteiger partial charge in [-0.15, -0.1) is 0 Å². The van der Waals surface area contributed by atoms with Gasteiger partial charge in [0, 0.05) is 0 Å². The number of aliphatic hydroxyl groups excluding tert-OH is 3. The van der Waals surface area contributed by atoms with E-state index in [0.29, 0.717) is 0 Å². The Morgan fingerprint density at radius 3 is 2.07 bits per heavy atom. The summed E-state index contributed by atoms with van der Waals surface area (Å²) in [5.41, 5.74) is 0.918. The van der Waals surface area contributed by atoms with E-state index in [2.05, 4.69) is 9.97 Å². The van der Waals surface area contributed by atoms with Crippen LogP contribution >= 0.6 is 0 Å². The lowest BCUT2D eigenvalue weighted by atomic mass is 10.00. The zero-order chi connectivity index (χ0) is 21.6. The smallest absolute Gasteiger partial charge is 0.342 e. The second kappa shape index (κ2) is 7.58. The summed E-state index contributed by atoms with van der Waals surface area (Å²) in [5.74, 6) is -2.04. The molecule has 0 spiro atoms. The first-order chi connectivity index (χ1) is 14.3. The number of ether oxygens (including phenoxy) is 2. The van der Waals surface area contributed by atoms with E-state index in [0.717, 1.165) is 0 Å². The van der Waals surface area contributed by atoms with Crippen LogP contribution in [0.4, 0.5) is 0 Å². The van der Waals surface area contributed by atoms with Gasteiger partial charge in [-0.2, -0.15) is 0 Å². The summed E-state index contributed by atoms with van der Waals surface area (Å²) >= 11 is 0. The van der Waals surface area contributed by atoms with Crippen molar-refractivity contribution in [2.45, 2.75) is 37.6 Å². The van der Waals surface area contributed by atoms with Crippen LogP contribution < -0.4 is 0 Å². The molecule has 3 aromatic rings. The lowest BCUT2D eigenvalue weighted by Crippen LogP contribution is -2.57. The number of carboxylic acid groups (broad SMARTS) is 1. The molecule has 10 nitrogen and oxygen atoms in total. The largest absolute Gasteiger partial charge is 0.478 e. The maximum atomic E-state index is 12.8. The van der Waals surface area contributed by atoms with Crippen LogP contribution in [0.5, 0.6) is 0 Å². The fraction of sp³-hybridized carbons (Fsp3) is 0.300. The van der Waals surface area contributed by atoms with Crippen LogP contribution in [0, 0.1) is 0 Å². The normalized spacial score (nSPS) is 26.6. The predicted octanol–water partition coefficient (Wildman–Crippen LogP) is 0.465. The number of hydrogen-bond acceptors (Lipinski definition) is 9. The van der Waals surface area contributed by atoms with Crippen molar-refractivity contribution in [2.24, 2.45) is 0 Å². The van der Waals surface area contributed by atoms with E-state index < -0.39 is 42.6 Å². The van der Waals surface area contributed by atoms with Gasteiger partial charge >= 0.3 is 11.9 Å². The third-order valence-corrected chi connectivity index (χ3v) is 4.98. The number of benzene rings is 2. The zero-order valence-corrected chi connectivity index (χ0v) is 15.7. The highest BCUT2D eigenvalue weighted by atomic mass is 16.7. The Morgan fingerprint density at radius 2 is 1.47 bits per heavy atom. The fourth-order valence-corrected chi connectivity index (χ4v) is 3.34. The molecule has 156 valence electrons. The number of aliphatic hydroxyl groups is 3. The van der Waals surface area contributed by atoms with Gasteiger partial charge in [0.1, 0.15) is 29.3 Å². The minimum absolute atomic E-state index is 0.0184. The Hall–Kier alpha value is -3.18. The Labute approximate surface area is 169 Å². The van der Waals surface area contributed by atoms with Gasteiger partial charge < -0.3 is 29.9 Å². The third-order valence-electron chi connectivity index (χ3n) is 4.98. The molecule has 2 aromatic carbocycles. The van der Waals surface area contributed by atoms with Crippen molar-refractivity contribution in [3.05, 3.63) is 47.5 Å². The van der Waals surface area contributed by atoms with E-state index >= 15 is 0 Å². The molecule has 2 heterocycles. The lowest BCUT2D eigenvalue weighted by molar-refractivity contribution is -0.276.